The van der Waals surface area contributed by atoms with E-state index in [9.17, 15) is 13.6 Å². The van der Waals surface area contributed by atoms with Gasteiger partial charge in [-0.15, -0.1) is 0 Å². The molecule has 140 valence electrons. The number of benzene rings is 2. The third-order valence-electron chi connectivity index (χ3n) is 4.21. The summed E-state index contributed by atoms with van der Waals surface area (Å²) in [4.78, 5) is 13.9. The van der Waals surface area contributed by atoms with E-state index in [0.717, 1.165) is 23.4 Å². The summed E-state index contributed by atoms with van der Waals surface area (Å²) in [6.07, 6.45) is 3.56. The van der Waals surface area contributed by atoms with Crippen molar-refractivity contribution in [2.24, 2.45) is 0 Å². The Bertz CT molecular complexity index is 927. The maximum Gasteiger partial charge on any atom is 0.317 e. The minimum absolute atomic E-state index is 0.320. The van der Waals surface area contributed by atoms with Gasteiger partial charge in [-0.05, 0) is 36.8 Å². The van der Waals surface area contributed by atoms with Gasteiger partial charge >= 0.3 is 6.03 Å². The van der Waals surface area contributed by atoms with Gasteiger partial charge in [0.2, 0.25) is 0 Å². The molecule has 0 spiro atoms. The van der Waals surface area contributed by atoms with Gasteiger partial charge in [-0.1, -0.05) is 24.3 Å². The van der Waals surface area contributed by atoms with Crippen molar-refractivity contribution in [3.8, 4) is 5.69 Å². The highest BCUT2D eigenvalue weighted by atomic mass is 19.2. The third-order valence-corrected chi connectivity index (χ3v) is 4.21. The van der Waals surface area contributed by atoms with E-state index in [1.165, 1.54) is 11.0 Å². The van der Waals surface area contributed by atoms with Crippen LogP contribution in [-0.4, -0.2) is 27.8 Å². The first-order valence-corrected chi connectivity index (χ1v) is 8.49. The van der Waals surface area contributed by atoms with E-state index < -0.39 is 17.7 Å². The molecule has 0 bridgehead atoms. The summed E-state index contributed by atoms with van der Waals surface area (Å²) in [5, 5.41) is 7.08. The molecule has 1 N–H and O–H groups in total. The first kappa shape index (κ1) is 18.6. The van der Waals surface area contributed by atoms with Gasteiger partial charge in [-0.2, -0.15) is 5.10 Å². The Morgan fingerprint density at radius 1 is 1.19 bits per heavy atom. The van der Waals surface area contributed by atoms with Crippen molar-refractivity contribution in [3.05, 3.63) is 83.7 Å². The number of rotatable bonds is 5. The summed E-state index contributed by atoms with van der Waals surface area (Å²) in [6, 6.07) is 12.5. The van der Waals surface area contributed by atoms with Gasteiger partial charge in [0, 0.05) is 18.8 Å². The highest BCUT2D eigenvalue weighted by molar-refractivity contribution is 5.74. The average Bonchev–Trinajstić information content (AvgIpc) is 3.13. The van der Waals surface area contributed by atoms with Gasteiger partial charge in [0.15, 0.2) is 11.6 Å². The monoisotopic (exact) mass is 370 g/mol. The standard InChI is InChI=1S/C20H20F2N4O/c1-14(16-8-9-18(21)19(22)10-16)24-20(27)25(2)12-15-11-23-26(13-15)17-6-4-3-5-7-17/h3-11,13-14H,12H2,1-2H3,(H,24,27). The summed E-state index contributed by atoms with van der Waals surface area (Å²) in [7, 11) is 1.66. The number of para-hydroxylation sites is 1. The van der Waals surface area contributed by atoms with Crippen molar-refractivity contribution >= 4 is 6.03 Å². The Morgan fingerprint density at radius 3 is 2.63 bits per heavy atom. The van der Waals surface area contributed by atoms with Crippen LogP contribution >= 0.6 is 0 Å². The van der Waals surface area contributed by atoms with Crippen molar-refractivity contribution < 1.29 is 13.6 Å². The molecule has 5 nitrogen and oxygen atoms in total. The Balaban J connectivity index is 1.60. The maximum atomic E-state index is 13.4. The average molecular weight is 370 g/mol. The Labute approximate surface area is 156 Å². The predicted molar refractivity (Wildman–Crippen MR) is 98.3 cm³/mol. The number of urea groups is 1. The van der Waals surface area contributed by atoms with Gasteiger partial charge in [0.25, 0.3) is 0 Å². The summed E-state index contributed by atoms with van der Waals surface area (Å²) in [5.41, 5.74) is 2.30. The first-order chi connectivity index (χ1) is 12.9. The van der Waals surface area contributed by atoms with Crippen LogP contribution in [0.15, 0.2) is 60.9 Å². The number of hydrogen-bond donors (Lipinski definition) is 1. The van der Waals surface area contributed by atoms with Crippen LogP contribution in [0.25, 0.3) is 5.69 Å². The van der Waals surface area contributed by atoms with Crippen LogP contribution < -0.4 is 5.32 Å². The quantitative estimate of drug-likeness (QED) is 0.737. The smallest absolute Gasteiger partial charge is 0.317 e. The molecular weight excluding hydrogens is 350 g/mol. The van der Waals surface area contributed by atoms with Crippen LogP contribution in [0.1, 0.15) is 24.1 Å². The van der Waals surface area contributed by atoms with Crippen LogP contribution in [0.2, 0.25) is 0 Å². The first-order valence-electron chi connectivity index (χ1n) is 8.49. The number of nitrogens with one attached hydrogen (secondary N) is 1. The largest absolute Gasteiger partial charge is 0.331 e. The number of halogens is 2. The van der Waals surface area contributed by atoms with E-state index in [-0.39, 0.29) is 6.03 Å². The van der Waals surface area contributed by atoms with Crippen molar-refractivity contribution in [1.82, 2.24) is 20.0 Å². The van der Waals surface area contributed by atoms with Crippen LogP contribution in [0, 0.1) is 11.6 Å². The molecule has 0 aliphatic carbocycles. The second-order valence-corrected chi connectivity index (χ2v) is 6.33. The number of nitrogens with zero attached hydrogens (tertiary/aromatic N) is 3. The molecule has 3 rings (SSSR count). The third kappa shape index (κ3) is 4.49. The van der Waals surface area contributed by atoms with E-state index in [0.29, 0.717) is 12.1 Å². The molecule has 0 aliphatic heterocycles. The van der Waals surface area contributed by atoms with Crippen molar-refractivity contribution in [3.63, 3.8) is 0 Å². The van der Waals surface area contributed by atoms with Crippen molar-refractivity contribution in [2.45, 2.75) is 19.5 Å². The predicted octanol–water partition coefficient (Wildman–Crippen LogP) is 4.05. The maximum absolute atomic E-state index is 13.4. The van der Waals surface area contributed by atoms with E-state index in [2.05, 4.69) is 10.4 Å². The molecular formula is C20H20F2N4O. The molecule has 3 aromatic rings. The van der Waals surface area contributed by atoms with Crippen LogP contribution in [-0.2, 0) is 6.54 Å². The normalized spacial score (nSPS) is 11.9. The van der Waals surface area contributed by atoms with Crippen LogP contribution in [0.5, 0.6) is 0 Å². The lowest BCUT2D eigenvalue weighted by molar-refractivity contribution is 0.203. The SMILES string of the molecule is CC(NC(=O)N(C)Cc1cnn(-c2ccccc2)c1)c1ccc(F)c(F)c1. The molecule has 27 heavy (non-hydrogen) atoms. The molecule has 1 atom stereocenters. The lowest BCUT2D eigenvalue weighted by atomic mass is 10.1. The molecule has 7 heteroatoms. The van der Waals surface area contributed by atoms with Gasteiger partial charge < -0.3 is 10.2 Å². The topological polar surface area (TPSA) is 50.2 Å². The zero-order valence-corrected chi connectivity index (χ0v) is 15.1. The number of carbonyl (C=O) groups excluding carboxylic acids is 1. The fourth-order valence-electron chi connectivity index (χ4n) is 2.67. The lowest BCUT2D eigenvalue weighted by Crippen LogP contribution is -2.38. The van der Waals surface area contributed by atoms with Crippen LogP contribution in [0.4, 0.5) is 13.6 Å². The molecule has 1 unspecified atom stereocenters. The Kier molecular flexibility index (Phi) is 5.49. The zero-order valence-electron chi connectivity index (χ0n) is 15.1. The fraction of sp³-hybridized carbons (Fsp3) is 0.200. The van der Waals surface area contributed by atoms with Gasteiger partial charge in [0.05, 0.1) is 24.5 Å². The summed E-state index contributed by atoms with van der Waals surface area (Å²) < 4.78 is 28.1. The number of aromatic nitrogens is 2. The minimum atomic E-state index is -0.935. The fourth-order valence-corrected chi connectivity index (χ4v) is 2.67. The van der Waals surface area contributed by atoms with E-state index in [4.69, 9.17) is 0 Å². The molecule has 1 aromatic heterocycles. The van der Waals surface area contributed by atoms with E-state index in [1.807, 2.05) is 36.5 Å². The number of hydrogen-bond acceptors (Lipinski definition) is 2. The van der Waals surface area contributed by atoms with Gasteiger partial charge in [0.1, 0.15) is 0 Å². The molecule has 2 aromatic carbocycles. The van der Waals surface area contributed by atoms with Crippen molar-refractivity contribution in [2.75, 3.05) is 7.05 Å². The molecule has 1 heterocycles. The zero-order chi connectivity index (χ0) is 19.4. The summed E-state index contributed by atoms with van der Waals surface area (Å²) in [6.45, 7) is 2.08. The molecule has 0 radical (unpaired) electrons. The van der Waals surface area contributed by atoms with E-state index >= 15 is 0 Å². The Hall–Kier alpha value is -3.22. The summed E-state index contributed by atoms with van der Waals surface area (Å²) in [5.74, 6) is -1.85. The molecule has 2 amide bonds. The summed E-state index contributed by atoms with van der Waals surface area (Å²) >= 11 is 0. The molecule has 0 saturated carbocycles. The molecule has 0 fully saturated rings. The number of amides is 2. The molecule has 0 saturated heterocycles. The van der Waals surface area contributed by atoms with Gasteiger partial charge in [-0.3, -0.25) is 0 Å². The van der Waals surface area contributed by atoms with Gasteiger partial charge in [-0.25, -0.2) is 18.3 Å². The Morgan fingerprint density at radius 2 is 1.93 bits per heavy atom. The van der Waals surface area contributed by atoms with Crippen LogP contribution in [0.3, 0.4) is 0 Å². The second kappa shape index (κ2) is 7.99. The highest BCUT2D eigenvalue weighted by Gasteiger charge is 2.16. The van der Waals surface area contributed by atoms with Crippen molar-refractivity contribution in [1.29, 1.82) is 0 Å². The lowest BCUT2D eigenvalue weighted by Gasteiger charge is -2.21. The highest BCUT2D eigenvalue weighted by Crippen LogP contribution is 2.16. The van der Waals surface area contributed by atoms with E-state index in [1.54, 1.807) is 24.9 Å². The minimum Gasteiger partial charge on any atom is -0.331 e. The second-order valence-electron chi connectivity index (χ2n) is 6.33. The molecule has 0 aliphatic rings. The number of carbonyl (C=O) groups is 1.